The van der Waals surface area contributed by atoms with Crippen LogP contribution < -0.4 is 4.90 Å². The van der Waals surface area contributed by atoms with E-state index in [1.54, 1.807) is 0 Å². The zero-order valence-electron chi connectivity index (χ0n) is 8.77. The molecule has 0 aliphatic carbocycles. The SMILES string of the molecule is CC1(C)CN(c2ncncc2C(=O)O)C1. The quantitative estimate of drug-likeness (QED) is 0.784. The van der Waals surface area contributed by atoms with E-state index in [-0.39, 0.29) is 11.0 Å². The van der Waals surface area contributed by atoms with E-state index >= 15 is 0 Å². The Labute approximate surface area is 87.8 Å². The van der Waals surface area contributed by atoms with Gasteiger partial charge in [-0.25, -0.2) is 14.8 Å². The fourth-order valence-corrected chi connectivity index (χ4v) is 1.86. The van der Waals surface area contributed by atoms with Crippen molar-refractivity contribution < 1.29 is 9.90 Å². The van der Waals surface area contributed by atoms with Crippen molar-refractivity contribution in [3.8, 4) is 0 Å². The van der Waals surface area contributed by atoms with E-state index in [4.69, 9.17) is 5.11 Å². The molecular formula is C10H13N3O2. The van der Waals surface area contributed by atoms with Gasteiger partial charge in [0.15, 0.2) is 0 Å². The number of rotatable bonds is 2. The van der Waals surface area contributed by atoms with Crippen LogP contribution in [0.15, 0.2) is 12.5 Å². The highest BCUT2D eigenvalue weighted by atomic mass is 16.4. The number of carboxylic acid groups (broad SMARTS) is 1. The number of carbonyl (C=O) groups is 1. The van der Waals surface area contributed by atoms with Crippen molar-refractivity contribution in [1.82, 2.24) is 9.97 Å². The number of aromatic nitrogens is 2. The van der Waals surface area contributed by atoms with E-state index in [1.165, 1.54) is 12.5 Å². The lowest BCUT2D eigenvalue weighted by Crippen LogP contribution is -2.53. The highest BCUT2D eigenvalue weighted by Gasteiger charge is 2.36. The number of hydrogen-bond donors (Lipinski definition) is 1. The highest BCUT2D eigenvalue weighted by molar-refractivity contribution is 5.93. The highest BCUT2D eigenvalue weighted by Crippen LogP contribution is 2.33. The van der Waals surface area contributed by atoms with Gasteiger partial charge < -0.3 is 10.0 Å². The summed E-state index contributed by atoms with van der Waals surface area (Å²) in [6, 6.07) is 0. The molecular weight excluding hydrogens is 194 g/mol. The maximum atomic E-state index is 10.9. The molecule has 0 radical (unpaired) electrons. The molecule has 0 amide bonds. The molecule has 1 aromatic heterocycles. The Morgan fingerprint density at radius 1 is 1.53 bits per heavy atom. The molecule has 0 spiro atoms. The Hall–Kier alpha value is -1.65. The van der Waals surface area contributed by atoms with Gasteiger partial charge in [0.05, 0.1) is 0 Å². The molecule has 1 aromatic rings. The molecule has 0 atom stereocenters. The molecule has 1 N–H and O–H groups in total. The lowest BCUT2D eigenvalue weighted by Gasteiger charge is -2.46. The molecule has 15 heavy (non-hydrogen) atoms. The van der Waals surface area contributed by atoms with Gasteiger partial charge in [0, 0.05) is 19.3 Å². The van der Waals surface area contributed by atoms with Gasteiger partial charge in [-0.2, -0.15) is 0 Å². The zero-order chi connectivity index (χ0) is 11.1. The third-order valence-electron chi connectivity index (χ3n) is 2.46. The fourth-order valence-electron chi connectivity index (χ4n) is 1.86. The van der Waals surface area contributed by atoms with Crippen molar-refractivity contribution in [3.63, 3.8) is 0 Å². The standard InChI is InChI=1S/C10H13N3O2/c1-10(2)4-13(5-10)8-7(9(14)15)3-11-6-12-8/h3,6H,4-5H2,1-2H3,(H,14,15). The Morgan fingerprint density at radius 3 is 2.73 bits per heavy atom. The van der Waals surface area contributed by atoms with Crippen molar-refractivity contribution in [2.45, 2.75) is 13.8 Å². The van der Waals surface area contributed by atoms with Gasteiger partial charge >= 0.3 is 5.97 Å². The Kier molecular flexibility index (Phi) is 2.10. The van der Waals surface area contributed by atoms with Crippen molar-refractivity contribution in [3.05, 3.63) is 18.1 Å². The summed E-state index contributed by atoms with van der Waals surface area (Å²) >= 11 is 0. The lowest BCUT2D eigenvalue weighted by molar-refractivity contribution is 0.0695. The fraction of sp³-hybridized carbons (Fsp3) is 0.500. The third-order valence-corrected chi connectivity index (χ3v) is 2.46. The van der Waals surface area contributed by atoms with Crippen molar-refractivity contribution in [2.75, 3.05) is 18.0 Å². The minimum Gasteiger partial charge on any atom is -0.477 e. The zero-order valence-corrected chi connectivity index (χ0v) is 8.77. The van der Waals surface area contributed by atoms with E-state index in [2.05, 4.69) is 23.8 Å². The smallest absolute Gasteiger partial charge is 0.341 e. The molecule has 1 aliphatic heterocycles. The minimum atomic E-state index is -0.977. The van der Waals surface area contributed by atoms with Crippen LogP contribution in [0, 0.1) is 5.41 Å². The Morgan fingerprint density at radius 2 is 2.20 bits per heavy atom. The molecule has 2 rings (SSSR count). The van der Waals surface area contributed by atoms with Gasteiger partial charge in [0.25, 0.3) is 0 Å². The van der Waals surface area contributed by atoms with E-state index in [0.717, 1.165) is 13.1 Å². The number of carboxylic acids is 1. The van der Waals surface area contributed by atoms with Gasteiger partial charge in [-0.15, -0.1) is 0 Å². The Balaban J connectivity index is 2.26. The van der Waals surface area contributed by atoms with Crippen LogP contribution in [0.5, 0.6) is 0 Å². The molecule has 2 heterocycles. The number of anilines is 1. The van der Waals surface area contributed by atoms with E-state index in [1.807, 2.05) is 4.90 Å². The average Bonchev–Trinajstić information content (AvgIpc) is 2.14. The second-order valence-corrected chi connectivity index (χ2v) is 4.59. The van der Waals surface area contributed by atoms with Crippen LogP contribution in [0.25, 0.3) is 0 Å². The molecule has 0 saturated carbocycles. The summed E-state index contributed by atoms with van der Waals surface area (Å²) in [5, 5.41) is 8.96. The summed E-state index contributed by atoms with van der Waals surface area (Å²) in [5.74, 6) is -0.452. The second kappa shape index (κ2) is 3.18. The molecule has 0 bridgehead atoms. The summed E-state index contributed by atoms with van der Waals surface area (Å²) in [5.41, 5.74) is 0.425. The van der Waals surface area contributed by atoms with E-state index < -0.39 is 5.97 Å². The molecule has 0 unspecified atom stereocenters. The van der Waals surface area contributed by atoms with Gasteiger partial charge in [-0.05, 0) is 5.41 Å². The van der Waals surface area contributed by atoms with Crippen LogP contribution in [0.3, 0.4) is 0 Å². The number of aromatic carboxylic acids is 1. The maximum Gasteiger partial charge on any atom is 0.341 e. The van der Waals surface area contributed by atoms with E-state index in [9.17, 15) is 4.79 Å². The van der Waals surface area contributed by atoms with Crippen molar-refractivity contribution >= 4 is 11.8 Å². The first-order chi connectivity index (χ1) is 6.99. The first-order valence-electron chi connectivity index (χ1n) is 4.78. The minimum absolute atomic E-state index is 0.174. The first-order valence-corrected chi connectivity index (χ1v) is 4.78. The first kappa shape index (κ1) is 9.89. The van der Waals surface area contributed by atoms with Gasteiger partial charge in [0.1, 0.15) is 17.7 Å². The third kappa shape index (κ3) is 1.77. The normalized spacial score (nSPS) is 18.4. The predicted octanol–water partition coefficient (Wildman–Crippen LogP) is 1.02. The molecule has 0 aromatic carbocycles. The summed E-state index contributed by atoms with van der Waals surface area (Å²) in [6.45, 7) is 5.96. The molecule has 5 nitrogen and oxygen atoms in total. The van der Waals surface area contributed by atoms with Gasteiger partial charge in [0.2, 0.25) is 0 Å². The number of nitrogens with zero attached hydrogens (tertiary/aromatic N) is 3. The van der Waals surface area contributed by atoms with Crippen LogP contribution in [0.1, 0.15) is 24.2 Å². The molecule has 1 saturated heterocycles. The van der Waals surface area contributed by atoms with Crippen LogP contribution in [0.2, 0.25) is 0 Å². The molecule has 1 aliphatic rings. The molecule has 5 heteroatoms. The van der Waals surface area contributed by atoms with E-state index in [0.29, 0.717) is 5.82 Å². The van der Waals surface area contributed by atoms with Crippen molar-refractivity contribution in [1.29, 1.82) is 0 Å². The maximum absolute atomic E-state index is 10.9. The second-order valence-electron chi connectivity index (χ2n) is 4.59. The van der Waals surface area contributed by atoms with Crippen LogP contribution >= 0.6 is 0 Å². The lowest BCUT2D eigenvalue weighted by atomic mass is 9.84. The summed E-state index contributed by atoms with van der Waals surface area (Å²) in [6.07, 6.45) is 2.73. The van der Waals surface area contributed by atoms with Crippen LogP contribution in [0.4, 0.5) is 5.82 Å². The van der Waals surface area contributed by atoms with Gasteiger partial charge in [-0.3, -0.25) is 0 Å². The predicted molar refractivity (Wildman–Crippen MR) is 55.0 cm³/mol. The number of hydrogen-bond acceptors (Lipinski definition) is 4. The summed E-state index contributed by atoms with van der Waals surface area (Å²) in [7, 11) is 0. The largest absolute Gasteiger partial charge is 0.477 e. The van der Waals surface area contributed by atoms with Crippen molar-refractivity contribution in [2.24, 2.45) is 5.41 Å². The molecule has 80 valence electrons. The molecule has 1 fully saturated rings. The monoisotopic (exact) mass is 207 g/mol. The summed E-state index contributed by atoms with van der Waals surface area (Å²) < 4.78 is 0. The topological polar surface area (TPSA) is 66.3 Å². The van der Waals surface area contributed by atoms with Crippen LogP contribution in [-0.4, -0.2) is 34.1 Å². The van der Waals surface area contributed by atoms with Gasteiger partial charge in [-0.1, -0.05) is 13.8 Å². The average molecular weight is 207 g/mol. The Bertz CT molecular complexity index is 395. The summed E-state index contributed by atoms with van der Waals surface area (Å²) in [4.78, 5) is 20.6. The van der Waals surface area contributed by atoms with Crippen LogP contribution in [-0.2, 0) is 0 Å².